The molecule has 0 spiro atoms. The molecule has 2 N–H and O–H groups in total. The van der Waals surface area contributed by atoms with E-state index in [4.69, 9.17) is 5.11 Å². The molecule has 0 bridgehead atoms. The second-order valence-electron chi connectivity index (χ2n) is 5.52. The lowest BCUT2D eigenvalue weighted by molar-refractivity contribution is -0.141. The van der Waals surface area contributed by atoms with Crippen molar-refractivity contribution in [3.8, 4) is 0 Å². The van der Waals surface area contributed by atoms with Crippen LogP contribution in [0.15, 0.2) is 29.2 Å². The van der Waals surface area contributed by atoms with Crippen LogP contribution in [0.1, 0.15) is 18.4 Å². The summed E-state index contributed by atoms with van der Waals surface area (Å²) in [6.45, 7) is 0.753. The van der Waals surface area contributed by atoms with E-state index in [9.17, 15) is 18.0 Å². The fourth-order valence-corrected chi connectivity index (χ4v) is 3.28. The first kappa shape index (κ1) is 17.4. The topological polar surface area (TPSA) is 104 Å². The summed E-state index contributed by atoms with van der Waals surface area (Å²) in [7, 11) is -2.10. The van der Waals surface area contributed by atoms with Gasteiger partial charge in [0.15, 0.2) is 0 Å². The molecule has 23 heavy (non-hydrogen) atoms. The van der Waals surface area contributed by atoms with Crippen LogP contribution in [0.2, 0.25) is 0 Å². The molecule has 1 aromatic rings. The number of hydrogen-bond donors (Lipinski definition) is 2. The van der Waals surface area contributed by atoms with Gasteiger partial charge in [-0.1, -0.05) is 12.1 Å². The number of nitrogens with zero attached hydrogens (tertiary/aromatic N) is 1. The van der Waals surface area contributed by atoms with Crippen molar-refractivity contribution in [3.63, 3.8) is 0 Å². The van der Waals surface area contributed by atoms with E-state index in [1.807, 2.05) is 0 Å². The minimum absolute atomic E-state index is 0.0688. The zero-order valence-electron chi connectivity index (χ0n) is 12.9. The number of amides is 1. The second-order valence-corrected chi connectivity index (χ2v) is 7.40. The molecule has 1 aromatic carbocycles. The Hall–Kier alpha value is -1.93. The first-order valence-corrected chi connectivity index (χ1v) is 8.85. The van der Waals surface area contributed by atoms with E-state index in [0.29, 0.717) is 19.4 Å². The fourth-order valence-electron chi connectivity index (χ4n) is 2.55. The Morgan fingerprint density at radius 2 is 1.96 bits per heavy atom. The predicted molar refractivity (Wildman–Crippen MR) is 83.3 cm³/mol. The van der Waals surface area contributed by atoms with Crippen LogP contribution < -0.4 is 4.72 Å². The Morgan fingerprint density at radius 3 is 2.48 bits per heavy atom. The molecule has 1 amide bonds. The van der Waals surface area contributed by atoms with Gasteiger partial charge >= 0.3 is 5.97 Å². The SMILES string of the molecule is CNS(=O)(=O)c1ccc(CCC(=O)N2CC[C@H](C(=O)O)C2)cc1. The minimum atomic E-state index is -3.45. The molecule has 1 fully saturated rings. The average molecular weight is 340 g/mol. The van der Waals surface area contributed by atoms with E-state index in [2.05, 4.69) is 4.72 Å². The van der Waals surface area contributed by atoms with Gasteiger partial charge in [0.2, 0.25) is 15.9 Å². The van der Waals surface area contributed by atoms with Gasteiger partial charge < -0.3 is 10.0 Å². The monoisotopic (exact) mass is 340 g/mol. The minimum Gasteiger partial charge on any atom is -0.481 e. The Kier molecular flexibility index (Phi) is 5.38. The van der Waals surface area contributed by atoms with Gasteiger partial charge in [-0.3, -0.25) is 9.59 Å². The van der Waals surface area contributed by atoms with Crippen molar-refractivity contribution in [3.05, 3.63) is 29.8 Å². The number of carbonyl (C=O) groups is 2. The molecule has 126 valence electrons. The van der Waals surface area contributed by atoms with E-state index in [0.717, 1.165) is 5.56 Å². The van der Waals surface area contributed by atoms with E-state index in [1.54, 1.807) is 17.0 Å². The number of rotatable bonds is 6. The van der Waals surface area contributed by atoms with Gasteiger partial charge in [0.25, 0.3) is 0 Å². The van der Waals surface area contributed by atoms with Crippen LogP contribution in [0.25, 0.3) is 0 Å². The molecule has 0 aliphatic carbocycles. The van der Waals surface area contributed by atoms with E-state index in [1.165, 1.54) is 19.2 Å². The van der Waals surface area contributed by atoms with E-state index in [-0.39, 0.29) is 23.8 Å². The summed E-state index contributed by atoms with van der Waals surface area (Å²) < 4.78 is 25.5. The molecule has 2 rings (SSSR count). The maximum atomic E-state index is 12.1. The average Bonchev–Trinajstić information content (AvgIpc) is 3.03. The lowest BCUT2D eigenvalue weighted by atomic mass is 10.1. The summed E-state index contributed by atoms with van der Waals surface area (Å²) in [5.41, 5.74) is 0.863. The van der Waals surface area contributed by atoms with E-state index >= 15 is 0 Å². The normalized spacial score (nSPS) is 18.1. The van der Waals surface area contributed by atoms with Crippen LogP contribution >= 0.6 is 0 Å². The molecule has 1 aliphatic heterocycles. The molecular weight excluding hydrogens is 320 g/mol. The molecular formula is C15H20N2O5S. The van der Waals surface area contributed by atoms with Crippen molar-refractivity contribution in [1.82, 2.24) is 9.62 Å². The zero-order chi connectivity index (χ0) is 17.0. The third-order valence-electron chi connectivity index (χ3n) is 4.02. The second kappa shape index (κ2) is 7.10. The molecule has 1 atom stereocenters. The Balaban J connectivity index is 1.89. The Morgan fingerprint density at radius 1 is 1.30 bits per heavy atom. The number of nitrogens with one attached hydrogen (secondary N) is 1. The highest BCUT2D eigenvalue weighted by Crippen LogP contribution is 2.18. The van der Waals surface area contributed by atoms with Gasteiger partial charge in [0, 0.05) is 19.5 Å². The van der Waals surface area contributed by atoms with Crippen molar-refractivity contribution in [2.24, 2.45) is 5.92 Å². The maximum absolute atomic E-state index is 12.1. The highest BCUT2D eigenvalue weighted by molar-refractivity contribution is 7.89. The third kappa shape index (κ3) is 4.29. The van der Waals surface area contributed by atoms with Crippen molar-refractivity contribution in [2.45, 2.75) is 24.2 Å². The quantitative estimate of drug-likeness (QED) is 0.783. The largest absolute Gasteiger partial charge is 0.481 e. The molecule has 1 heterocycles. The molecule has 1 aliphatic rings. The van der Waals surface area contributed by atoms with Gasteiger partial charge in [0.05, 0.1) is 10.8 Å². The third-order valence-corrected chi connectivity index (χ3v) is 5.45. The number of hydrogen-bond acceptors (Lipinski definition) is 4. The number of benzene rings is 1. The maximum Gasteiger partial charge on any atom is 0.308 e. The number of carboxylic acids is 1. The lowest BCUT2D eigenvalue weighted by Gasteiger charge is -2.15. The smallest absolute Gasteiger partial charge is 0.308 e. The number of aryl methyl sites for hydroxylation is 1. The standard InChI is InChI=1S/C15H20N2O5S/c1-16-23(21,22)13-5-2-11(3-6-13)4-7-14(18)17-9-8-12(10-17)15(19)20/h2-3,5-6,12,16H,4,7-10H2,1H3,(H,19,20)/t12-/m0/s1. The first-order valence-electron chi connectivity index (χ1n) is 7.36. The molecule has 1 saturated heterocycles. The lowest BCUT2D eigenvalue weighted by Crippen LogP contribution is -2.30. The molecule has 0 radical (unpaired) electrons. The van der Waals surface area contributed by atoms with Gasteiger partial charge in [-0.25, -0.2) is 13.1 Å². The van der Waals surface area contributed by atoms with Crippen LogP contribution in [0.3, 0.4) is 0 Å². The van der Waals surface area contributed by atoms with Crippen molar-refractivity contribution < 1.29 is 23.1 Å². The highest BCUT2D eigenvalue weighted by atomic mass is 32.2. The van der Waals surface area contributed by atoms with Crippen molar-refractivity contribution >= 4 is 21.9 Å². The number of carbonyl (C=O) groups excluding carboxylic acids is 1. The molecule has 0 saturated carbocycles. The Bertz CT molecular complexity index is 684. The summed E-state index contributed by atoms with van der Waals surface area (Å²) in [5, 5.41) is 8.94. The summed E-state index contributed by atoms with van der Waals surface area (Å²) in [6, 6.07) is 6.37. The summed E-state index contributed by atoms with van der Waals surface area (Å²) in [5.74, 6) is -1.40. The fraction of sp³-hybridized carbons (Fsp3) is 0.467. The molecule has 0 unspecified atom stereocenters. The highest BCUT2D eigenvalue weighted by Gasteiger charge is 2.30. The summed E-state index contributed by atoms with van der Waals surface area (Å²) in [4.78, 5) is 24.7. The predicted octanol–water partition coefficient (Wildman–Crippen LogP) is 0.460. The molecule has 7 nitrogen and oxygen atoms in total. The summed E-state index contributed by atoms with van der Waals surface area (Å²) in [6.07, 6.45) is 1.27. The van der Waals surface area contributed by atoms with Crippen LogP contribution in [0, 0.1) is 5.92 Å². The number of carboxylic acid groups (broad SMARTS) is 1. The van der Waals surface area contributed by atoms with Gasteiger partial charge in [-0.15, -0.1) is 0 Å². The van der Waals surface area contributed by atoms with Crippen LogP contribution in [0.4, 0.5) is 0 Å². The van der Waals surface area contributed by atoms with Crippen molar-refractivity contribution in [2.75, 3.05) is 20.1 Å². The van der Waals surface area contributed by atoms with Crippen LogP contribution in [-0.2, 0) is 26.0 Å². The molecule has 8 heteroatoms. The van der Waals surface area contributed by atoms with Gasteiger partial charge in [0.1, 0.15) is 0 Å². The number of likely N-dealkylation sites (tertiary alicyclic amines) is 1. The van der Waals surface area contributed by atoms with Crippen LogP contribution in [-0.4, -0.2) is 50.4 Å². The van der Waals surface area contributed by atoms with E-state index < -0.39 is 21.9 Å². The number of sulfonamides is 1. The first-order chi connectivity index (χ1) is 10.8. The zero-order valence-corrected chi connectivity index (χ0v) is 13.7. The van der Waals surface area contributed by atoms with Crippen molar-refractivity contribution in [1.29, 1.82) is 0 Å². The van der Waals surface area contributed by atoms with Crippen LogP contribution in [0.5, 0.6) is 0 Å². The molecule has 0 aromatic heterocycles. The Labute approximate surface area is 135 Å². The summed E-state index contributed by atoms with van der Waals surface area (Å²) >= 11 is 0. The number of aliphatic carboxylic acids is 1. The van der Waals surface area contributed by atoms with Gasteiger partial charge in [-0.2, -0.15) is 0 Å². The van der Waals surface area contributed by atoms with Gasteiger partial charge in [-0.05, 0) is 37.6 Å².